The van der Waals surface area contributed by atoms with Crippen molar-refractivity contribution in [2.45, 2.75) is 6.54 Å². The molecule has 2 amide bonds. The van der Waals surface area contributed by atoms with E-state index in [1.165, 1.54) is 0 Å². The lowest BCUT2D eigenvalue weighted by atomic mass is 9.95. The van der Waals surface area contributed by atoms with E-state index in [9.17, 15) is 9.59 Å². The molecule has 0 bridgehead atoms. The van der Waals surface area contributed by atoms with Crippen molar-refractivity contribution in [3.05, 3.63) is 66.1 Å². The highest BCUT2D eigenvalue weighted by molar-refractivity contribution is 6.50. The number of benzene rings is 2. The number of nitrogens with zero attached hydrogens (tertiary/aromatic N) is 3. The van der Waals surface area contributed by atoms with Gasteiger partial charge in [-0.15, -0.1) is 0 Å². The van der Waals surface area contributed by atoms with Gasteiger partial charge >= 0.3 is 0 Å². The molecule has 2 aliphatic rings. The van der Waals surface area contributed by atoms with Crippen molar-refractivity contribution in [2.24, 2.45) is 0 Å². The first kappa shape index (κ1) is 22.6. The molecule has 0 saturated carbocycles. The fraction of sp³-hybridized carbons (Fsp3) is 0.286. The van der Waals surface area contributed by atoms with Crippen LogP contribution in [0, 0.1) is 0 Å². The van der Waals surface area contributed by atoms with Crippen LogP contribution in [-0.2, 0) is 16.1 Å². The van der Waals surface area contributed by atoms with E-state index in [0.29, 0.717) is 28.0 Å². The quantitative estimate of drug-likeness (QED) is 0.424. The maximum Gasteiger partial charge on any atom is 0.259 e. The molecule has 0 atom stereocenters. The predicted octanol–water partition coefficient (Wildman–Crippen LogP) is 3.21. The molecule has 0 radical (unpaired) electrons. The molecule has 0 aliphatic carbocycles. The Bertz CT molecular complexity index is 1520. The zero-order valence-electron chi connectivity index (χ0n) is 20.4. The van der Waals surface area contributed by atoms with Crippen molar-refractivity contribution >= 4 is 44.8 Å². The number of furan rings is 1. The number of hydrogen-bond donors (Lipinski definition) is 1. The smallest absolute Gasteiger partial charge is 0.259 e. The van der Waals surface area contributed by atoms with Crippen molar-refractivity contribution in [1.29, 1.82) is 0 Å². The third-order valence-corrected chi connectivity index (χ3v) is 7.27. The molecule has 1 saturated heterocycles. The summed E-state index contributed by atoms with van der Waals surface area (Å²) < 4.78 is 13.4. The average molecular weight is 485 g/mol. The summed E-state index contributed by atoms with van der Waals surface area (Å²) >= 11 is 0. The van der Waals surface area contributed by atoms with Crippen LogP contribution in [0.1, 0.15) is 11.1 Å². The number of carbonyl (C=O) groups is 2. The van der Waals surface area contributed by atoms with Gasteiger partial charge in [-0.05, 0) is 31.3 Å². The van der Waals surface area contributed by atoms with Gasteiger partial charge in [0.2, 0.25) is 0 Å². The molecular weight excluding hydrogens is 456 g/mol. The maximum absolute atomic E-state index is 13.2. The summed E-state index contributed by atoms with van der Waals surface area (Å²) in [6.07, 6.45) is 3.58. The van der Waals surface area contributed by atoms with Gasteiger partial charge in [0.15, 0.2) is 0 Å². The minimum atomic E-state index is -0.435. The van der Waals surface area contributed by atoms with E-state index in [1.807, 2.05) is 36.5 Å². The lowest BCUT2D eigenvalue weighted by Crippen LogP contribution is -2.45. The molecule has 4 aromatic rings. The van der Waals surface area contributed by atoms with Gasteiger partial charge in [0.1, 0.15) is 11.3 Å². The Balaban J connectivity index is 1.47. The second-order valence-electron chi connectivity index (χ2n) is 9.45. The molecule has 4 heterocycles. The second kappa shape index (κ2) is 8.96. The zero-order chi connectivity index (χ0) is 24.8. The molecular formula is C28H28N4O4. The normalized spacial score (nSPS) is 17.5. The van der Waals surface area contributed by atoms with Crippen LogP contribution < -0.4 is 10.1 Å². The standard InChI is InChI=1S/C28H28N4O4/c1-30-8-10-31(11-9-30)12-13-32-17-22(20-5-3-4-6-23(20)32)25-24(27(33)29-28(25)34)21-16-19(35-2)15-18-7-14-36-26(18)21/h3-7,14-17H,8-13H2,1-2H3,(H,29,33,34). The number of para-hydroxylation sites is 1. The van der Waals surface area contributed by atoms with Crippen LogP contribution in [0.5, 0.6) is 5.75 Å². The van der Waals surface area contributed by atoms with Crippen molar-refractivity contribution in [3.63, 3.8) is 0 Å². The van der Waals surface area contributed by atoms with Gasteiger partial charge in [0.05, 0.1) is 24.5 Å². The maximum atomic E-state index is 13.2. The zero-order valence-corrected chi connectivity index (χ0v) is 20.4. The number of rotatable bonds is 6. The molecule has 36 heavy (non-hydrogen) atoms. The van der Waals surface area contributed by atoms with Gasteiger partial charge in [-0.25, -0.2) is 0 Å². The van der Waals surface area contributed by atoms with E-state index in [4.69, 9.17) is 9.15 Å². The molecule has 8 nitrogen and oxygen atoms in total. The molecule has 2 aliphatic heterocycles. The molecule has 8 heteroatoms. The summed E-state index contributed by atoms with van der Waals surface area (Å²) in [4.78, 5) is 31.2. The highest BCUT2D eigenvalue weighted by Gasteiger charge is 2.35. The van der Waals surface area contributed by atoms with Crippen LogP contribution >= 0.6 is 0 Å². The SMILES string of the molecule is COc1cc(C2=C(c3cn(CCN4CCN(C)CC4)c4ccccc34)C(=O)NC2=O)c2occc2c1. The number of methoxy groups -OCH3 is 1. The highest BCUT2D eigenvalue weighted by Crippen LogP contribution is 2.40. The molecule has 2 aromatic heterocycles. The number of imide groups is 1. The van der Waals surface area contributed by atoms with E-state index in [-0.39, 0.29) is 0 Å². The Morgan fingerprint density at radius 3 is 2.47 bits per heavy atom. The fourth-order valence-electron chi connectivity index (χ4n) is 5.28. The van der Waals surface area contributed by atoms with E-state index in [2.05, 4.69) is 32.8 Å². The van der Waals surface area contributed by atoms with E-state index < -0.39 is 11.8 Å². The van der Waals surface area contributed by atoms with Crippen LogP contribution in [0.4, 0.5) is 0 Å². The third-order valence-electron chi connectivity index (χ3n) is 7.27. The highest BCUT2D eigenvalue weighted by atomic mass is 16.5. The van der Waals surface area contributed by atoms with E-state index in [1.54, 1.807) is 19.4 Å². The van der Waals surface area contributed by atoms with Crippen molar-refractivity contribution in [1.82, 2.24) is 19.7 Å². The number of fused-ring (bicyclic) bond motifs is 2. The van der Waals surface area contributed by atoms with Crippen LogP contribution in [-0.4, -0.2) is 73.1 Å². The summed E-state index contributed by atoms with van der Waals surface area (Å²) in [6.45, 7) is 5.94. The van der Waals surface area contributed by atoms with Crippen LogP contribution in [0.3, 0.4) is 0 Å². The summed E-state index contributed by atoms with van der Waals surface area (Å²) in [5.74, 6) is -0.248. The Hall–Kier alpha value is -3.88. The number of hydrogen-bond acceptors (Lipinski definition) is 6. The first-order valence-corrected chi connectivity index (χ1v) is 12.2. The fourth-order valence-corrected chi connectivity index (χ4v) is 5.28. The van der Waals surface area contributed by atoms with E-state index in [0.717, 1.165) is 61.1 Å². The van der Waals surface area contributed by atoms with Crippen LogP contribution in [0.15, 0.2) is 59.3 Å². The van der Waals surface area contributed by atoms with Gasteiger partial charge in [0.25, 0.3) is 11.8 Å². The monoisotopic (exact) mass is 484 g/mol. The molecule has 184 valence electrons. The Morgan fingerprint density at radius 1 is 0.944 bits per heavy atom. The number of nitrogens with one attached hydrogen (secondary N) is 1. The summed E-state index contributed by atoms with van der Waals surface area (Å²) in [6, 6.07) is 13.5. The number of likely N-dealkylation sites (N-methyl/N-ethyl adjacent to an activating group) is 1. The van der Waals surface area contributed by atoms with Gasteiger partial charge in [0, 0.05) is 72.9 Å². The molecule has 0 unspecified atom stereocenters. The number of carbonyl (C=O) groups excluding carboxylic acids is 2. The Labute approximate surface area is 208 Å². The Morgan fingerprint density at radius 2 is 1.69 bits per heavy atom. The molecule has 6 rings (SSSR count). The predicted molar refractivity (Wildman–Crippen MR) is 139 cm³/mol. The molecule has 2 aromatic carbocycles. The number of aromatic nitrogens is 1. The topological polar surface area (TPSA) is 80.0 Å². The van der Waals surface area contributed by atoms with Gasteiger partial charge in [-0.3, -0.25) is 19.8 Å². The number of ether oxygens (including phenoxy) is 1. The number of amides is 2. The average Bonchev–Trinajstić information content (AvgIpc) is 3.58. The molecule has 0 spiro atoms. The van der Waals surface area contributed by atoms with Crippen molar-refractivity contribution in [3.8, 4) is 5.75 Å². The lowest BCUT2D eigenvalue weighted by molar-refractivity contribution is -0.122. The first-order valence-electron chi connectivity index (χ1n) is 12.2. The lowest BCUT2D eigenvalue weighted by Gasteiger charge is -2.32. The molecule has 1 fully saturated rings. The summed E-state index contributed by atoms with van der Waals surface area (Å²) in [7, 11) is 3.73. The van der Waals surface area contributed by atoms with Crippen LogP contribution in [0.25, 0.3) is 33.0 Å². The second-order valence-corrected chi connectivity index (χ2v) is 9.45. The van der Waals surface area contributed by atoms with Gasteiger partial charge in [-0.2, -0.15) is 0 Å². The van der Waals surface area contributed by atoms with E-state index >= 15 is 0 Å². The minimum Gasteiger partial charge on any atom is -0.497 e. The molecule has 1 N–H and O–H groups in total. The minimum absolute atomic E-state index is 0.306. The van der Waals surface area contributed by atoms with Crippen molar-refractivity contribution < 1.29 is 18.7 Å². The number of piperazine rings is 1. The largest absolute Gasteiger partial charge is 0.497 e. The van der Waals surface area contributed by atoms with Crippen molar-refractivity contribution in [2.75, 3.05) is 46.9 Å². The summed E-state index contributed by atoms with van der Waals surface area (Å²) in [5, 5.41) is 4.25. The Kier molecular flexibility index (Phi) is 5.62. The first-order chi connectivity index (χ1) is 17.5. The summed E-state index contributed by atoms with van der Waals surface area (Å²) in [5.41, 5.74) is 3.54. The van der Waals surface area contributed by atoms with Gasteiger partial charge in [-0.1, -0.05) is 18.2 Å². The third kappa shape index (κ3) is 3.79. The van der Waals surface area contributed by atoms with Crippen LogP contribution in [0.2, 0.25) is 0 Å². The van der Waals surface area contributed by atoms with Gasteiger partial charge < -0.3 is 18.6 Å².